The number of carbonyl (C=O) groups excluding carboxylic acids is 1. The normalized spacial score (nSPS) is 14.4. The van der Waals surface area contributed by atoms with Gasteiger partial charge in [-0.15, -0.1) is 10.2 Å². The molecule has 0 spiro atoms. The molecule has 0 bridgehead atoms. The molecular weight excluding hydrogens is 637 g/mol. The number of nitrogens with one attached hydrogen (secondary N) is 2. The molecular formula is C41H44N8O2. The van der Waals surface area contributed by atoms with Gasteiger partial charge in [-0.2, -0.15) is 5.10 Å². The number of nitrogens with zero attached hydrogens (tertiary/aromatic N) is 6. The lowest BCUT2D eigenvalue weighted by Crippen LogP contribution is -2.36. The van der Waals surface area contributed by atoms with Crippen molar-refractivity contribution in [2.45, 2.75) is 65.5 Å². The number of rotatable bonds is 8. The fraction of sp³-hybridized carbons (Fsp3) is 0.317. The summed E-state index contributed by atoms with van der Waals surface area (Å²) in [5.41, 5.74) is 7.07. The zero-order valence-electron chi connectivity index (χ0n) is 29.7. The summed E-state index contributed by atoms with van der Waals surface area (Å²) in [7, 11) is 0. The predicted octanol–water partition coefficient (Wildman–Crippen LogP) is 7.92. The fourth-order valence-corrected chi connectivity index (χ4v) is 7.22. The molecule has 2 N–H and O–H groups in total. The van der Waals surface area contributed by atoms with E-state index in [4.69, 9.17) is 9.84 Å². The van der Waals surface area contributed by atoms with E-state index in [2.05, 4.69) is 100 Å². The van der Waals surface area contributed by atoms with Crippen molar-refractivity contribution < 1.29 is 9.53 Å². The van der Waals surface area contributed by atoms with Crippen LogP contribution in [0, 0.1) is 6.92 Å². The van der Waals surface area contributed by atoms with E-state index in [0.717, 1.165) is 91.0 Å². The second-order valence-electron chi connectivity index (χ2n) is 14.7. The van der Waals surface area contributed by atoms with Crippen molar-refractivity contribution in [1.29, 1.82) is 0 Å². The van der Waals surface area contributed by atoms with E-state index in [0.29, 0.717) is 12.4 Å². The third-order valence-corrected chi connectivity index (χ3v) is 10.0. The third-order valence-electron chi connectivity index (χ3n) is 10.0. The second kappa shape index (κ2) is 13.3. The van der Waals surface area contributed by atoms with Crippen molar-refractivity contribution in [2.75, 3.05) is 30.3 Å². The number of urea groups is 1. The van der Waals surface area contributed by atoms with Gasteiger partial charge in [-0.25, -0.2) is 9.48 Å². The zero-order valence-corrected chi connectivity index (χ0v) is 29.7. The largest absolute Gasteiger partial charge is 0.492 e. The number of benzene rings is 4. The van der Waals surface area contributed by atoms with E-state index in [1.165, 1.54) is 21.9 Å². The highest BCUT2D eigenvalue weighted by Gasteiger charge is 2.25. The molecule has 10 nitrogen and oxygen atoms in total. The van der Waals surface area contributed by atoms with Crippen LogP contribution in [0.25, 0.3) is 27.8 Å². The average molecular weight is 681 g/mol. The number of fused-ring (bicyclic) bond motifs is 3. The molecule has 0 saturated heterocycles. The van der Waals surface area contributed by atoms with Crippen LogP contribution in [0.4, 0.5) is 16.3 Å². The maximum Gasteiger partial charge on any atom is 0.324 e. The SMILES string of the molecule is Cc1ccc(-n2nc(C(C)(C)C)cc2NC(=O)Nc2ccc(OCCN3CCn4c(nnc4-c4cccc5ccccc45)C3)c3c2CCC3)cc1. The first kappa shape index (κ1) is 32.7. The minimum absolute atomic E-state index is 0.172. The third kappa shape index (κ3) is 6.59. The second-order valence-corrected chi connectivity index (χ2v) is 14.7. The summed E-state index contributed by atoms with van der Waals surface area (Å²) in [5.74, 6) is 3.44. The molecule has 0 fully saturated rings. The standard InChI is InChI=1S/C41H44N8O2/c1-27-15-17-29(18-16-27)49-37(25-36(46-49)41(2,3)4)43-40(50)42-34-19-20-35(32-13-8-12-31(32)34)51-24-23-47-21-22-48-38(26-47)44-45-39(48)33-14-7-10-28-9-5-6-11-30(28)33/h5-7,9-11,14-20,25H,8,12-13,21-24,26H2,1-4H3,(H2,42,43,50). The molecule has 0 unspecified atom stereocenters. The Morgan fingerprint density at radius 2 is 1.69 bits per heavy atom. The molecule has 51 heavy (non-hydrogen) atoms. The Morgan fingerprint density at radius 1 is 0.882 bits per heavy atom. The molecule has 0 atom stereocenters. The molecule has 1 aliphatic heterocycles. The number of carbonyl (C=O) groups is 1. The highest BCUT2D eigenvalue weighted by atomic mass is 16.5. The lowest BCUT2D eigenvalue weighted by Gasteiger charge is -2.28. The molecule has 4 aromatic carbocycles. The zero-order chi connectivity index (χ0) is 35.1. The number of aromatic nitrogens is 5. The summed E-state index contributed by atoms with van der Waals surface area (Å²) in [4.78, 5) is 15.8. The van der Waals surface area contributed by atoms with E-state index in [-0.39, 0.29) is 11.4 Å². The number of ether oxygens (including phenoxy) is 1. The van der Waals surface area contributed by atoms with Gasteiger partial charge in [0.2, 0.25) is 0 Å². The van der Waals surface area contributed by atoms with E-state index >= 15 is 0 Å². The van der Waals surface area contributed by atoms with Gasteiger partial charge < -0.3 is 14.6 Å². The topological polar surface area (TPSA) is 102 Å². The van der Waals surface area contributed by atoms with E-state index in [1.54, 1.807) is 4.68 Å². The lowest BCUT2D eigenvalue weighted by molar-refractivity contribution is 0.174. The van der Waals surface area contributed by atoms with Crippen LogP contribution in [0.3, 0.4) is 0 Å². The Balaban J connectivity index is 0.912. The van der Waals surface area contributed by atoms with Crippen molar-refractivity contribution in [3.63, 3.8) is 0 Å². The first-order valence-electron chi connectivity index (χ1n) is 17.9. The predicted molar refractivity (Wildman–Crippen MR) is 202 cm³/mol. The van der Waals surface area contributed by atoms with Crippen molar-refractivity contribution in [3.05, 3.63) is 113 Å². The van der Waals surface area contributed by atoms with Crippen molar-refractivity contribution in [1.82, 2.24) is 29.4 Å². The highest BCUT2D eigenvalue weighted by molar-refractivity contribution is 6.00. The van der Waals surface area contributed by atoms with Gasteiger partial charge in [0.25, 0.3) is 0 Å². The van der Waals surface area contributed by atoms with Gasteiger partial charge in [0.05, 0.1) is 17.9 Å². The average Bonchev–Trinajstić information content (AvgIpc) is 3.88. The maximum absolute atomic E-state index is 13.4. The number of amides is 2. The summed E-state index contributed by atoms with van der Waals surface area (Å²) in [6.07, 6.45) is 2.86. The number of aryl methyl sites for hydroxylation is 1. The van der Waals surface area contributed by atoms with E-state index < -0.39 is 0 Å². The van der Waals surface area contributed by atoms with E-state index in [9.17, 15) is 4.79 Å². The summed E-state index contributed by atoms with van der Waals surface area (Å²) >= 11 is 0. The molecule has 2 aliphatic rings. The Morgan fingerprint density at radius 3 is 2.53 bits per heavy atom. The van der Waals surface area contributed by atoms with Crippen molar-refractivity contribution in [2.24, 2.45) is 0 Å². The van der Waals surface area contributed by atoms with Gasteiger partial charge in [0.15, 0.2) is 5.82 Å². The quantitative estimate of drug-likeness (QED) is 0.169. The smallest absolute Gasteiger partial charge is 0.324 e. The van der Waals surface area contributed by atoms with Gasteiger partial charge in [0, 0.05) is 42.4 Å². The molecule has 2 amide bonds. The van der Waals surface area contributed by atoms with Crippen LogP contribution in [0.5, 0.6) is 5.75 Å². The van der Waals surface area contributed by atoms with Gasteiger partial charge in [0.1, 0.15) is 24.0 Å². The molecule has 3 heterocycles. The monoisotopic (exact) mass is 680 g/mol. The van der Waals surface area contributed by atoms with Crippen molar-refractivity contribution >= 4 is 28.3 Å². The van der Waals surface area contributed by atoms with Crippen LogP contribution < -0.4 is 15.4 Å². The van der Waals surface area contributed by atoms with Crippen molar-refractivity contribution in [3.8, 4) is 22.8 Å². The van der Waals surface area contributed by atoms with Crippen LogP contribution in [-0.2, 0) is 31.3 Å². The number of anilines is 2. The maximum atomic E-state index is 13.4. The minimum Gasteiger partial charge on any atom is -0.492 e. The van der Waals surface area contributed by atoms with Crippen LogP contribution in [0.1, 0.15) is 55.4 Å². The van der Waals surface area contributed by atoms with Gasteiger partial charge in [-0.05, 0) is 72.4 Å². The molecule has 2 aromatic heterocycles. The van der Waals surface area contributed by atoms with E-state index in [1.807, 2.05) is 42.5 Å². The molecule has 260 valence electrons. The summed E-state index contributed by atoms with van der Waals surface area (Å²) in [6, 6.07) is 28.5. The first-order valence-corrected chi connectivity index (χ1v) is 17.9. The molecule has 0 saturated carbocycles. The Kier molecular flexibility index (Phi) is 8.55. The molecule has 1 aliphatic carbocycles. The first-order chi connectivity index (χ1) is 24.7. The minimum atomic E-state index is -0.298. The molecule has 6 aromatic rings. The molecule has 8 rings (SSSR count). The highest BCUT2D eigenvalue weighted by Crippen LogP contribution is 2.36. The van der Waals surface area contributed by atoms with Gasteiger partial charge >= 0.3 is 6.03 Å². The van der Waals surface area contributed by atoms with Crippen LogP contribution >= 0.6 is 0 Å². The summed E-state index contributed by atoms with van der Waals surface area (Å²) in [5, 5.41) is 22.7. The Bertz CT molecular complexity index is 2220. The fourth-order valence-electron chi connectivity index (χ4n) is 7.22. The molecule has 0 radical (unpaired) electrons. The molecule has 10 heteroatoms. The van der Waals surface area contributed by atoms with Gasteiger partial charge in [-0.1, -0.05) is 80.9 Å². The number of hydrogen-bond acceptors (Lipinski definition) is 6. The van der Waals surface area contributed by atoms with Crippen LogP contribution in [0.2, 0.25) is 0 Å². The Hall–Kier alpha value is -5.48. The van der Waals surface area contributed by atoms with Crippen LogP contribution in [-0.4, -0.2) is 55.2 Å². The summed E-state index contributed by atoms with van der Waals surface area (Å²) < 4.78 is 10.5. The van der Waals surface area contributed by atoms with Crippen LogP contribution in [0.15, 0.2) is 84.9 Å². The summed E-state index contributed by atoms with van der Waals surface area (Å²) in [6.45, 7) is 12.2. The Labute approximate surface area is 298 Å². The van der Waals surface area contributed by atoms with Gasteiger partial charge in [-0.3, -0.25) is 10.2 Å². The lowest BCUT2D eigenvalue weighted by atomic mass is 9.92. The number of hydrogen-bond donors (Lipinski definition) is 2.